The van der Waals surface area contributed by atoms with E-state index in [2.05, 4.69) is 0 Å². The number of carbonyl (C=O) groups is 2. The molecule has 0 N–H and O–H groups in total. The first-order valence-electron chi connectivity index (χ1n) is 11.8. The average Bonchev–Trinajstić information content (AvgIpc) is 3.19. The zero-order valence-electron chi connectivity index (χ0n) is 22.3. The summed E-state index contributed by atoms with van der Waals surface area (Å²) in [5.41, 5.74) is -1.15. The van der Waals surface area contributed by atoms with Crippen LogP contribution in [0.1, 0.15) is 41.5 Å². The number of hydrogen-bond donors (Lipinski definition) is 0. The van der Waals surface area contributed by atoms with Crippen molar-refractivity contribution in [2.75, 3.05) is 20.2 Å². The molecule has 0 spiro atoms. The van der Waals surface area contributed by atoms with E-state index in [1.165, 1.54) is 23.1 Å². The van der Waals surface area contributed by atoms with E-state index in [4.69, 9.17) is 14.2 Å². The Kier molecular flexibility index (Phi) is 7.92. The van der Waals surface area contributed by atoms with Gasteiger partial charge in [-0.3, -0.25) is 0 Å². The highest BCUT2D eigenvalue weighted by Crippen LogP contribution is 2.34. The minimum Gasteiger partial charge on any atom is -0.491 e. The highest BCUT2D eigenvalue weighted by atomic mass is 32.2. The third-order valence-corrected chi connectivity index (χ3v) is 6.81. The van der Waals surface area contributed by atoms with Crippen molar-refractivity contribution < 1.29 is 32.2 Å². The molecule has 10 heteroatoms. The van der Waals surface area contributed by atoms with Crippen molar-refractivity contribution in [1.82, 2.24) is 9.47 Å². The summed E-state index contributed by atoms with van der Waals surface area (Å²) in [6.07, 6.45) is -1.31. The first kappa shape index (κ1) is 28.0. The number of carbonyl (C=O) groups excluding carboxylic acids is 2. The lowest BCUT2D eigenvalue weighted by molar-refractivity contribution is 0.0278. The Morgan fingerprint density at radius 1 is 0.892 bits per heavy atom. The molecule has 1 heterocycles. The van der Waals surface area contributed by atoms with Gasteiger partial charge in [-0.25, -0.2) is 22.6 Å². The highest BCUT2D eigenvalue weighted by Gasteiger charge is 2.30. The lowest BCUT2D eigenvalue weighted by atomic mass is 10.2. The number of hydrogen-bond acceptors (Lipinski definition) is 7. The molecule has 2 aromatic carbocycles. The van der Waals surface area contributed by atoms with Crippen LogP contribution in [0.15, 0.2) is 64.5 Å². The predicted octanol–water partition coefficient (Wildman–Crippen LogP) is 5.50. The second-order valence-corrected chi connectivity index (χ2v) is 12.5. The minimum atomic E-state index is -4.07. The van der Waals surface area contributed by atoms with Gasteiger partial charge in [0.1, 0.15) is 23.6 Å². The highest BCUT2D eigenvalue weighted by molar-refractivity contribution is 7.91. The Labute approximate surface area is 217 Å². The zero-order valence-corrected chi connectivity index (χ0v) is 23.1. The zero-order chi connectivity index (χ0) is 27.6. The molecule has 3 aromatic rings. The van der Waals surface area contributed by atoms with Gasteiger partial charge in [0.05, 0.1) is 17.0 Å². The summed E-state index contributed by atoms with van der Waals surface area (Å²) in [6, 6.07) is 14.3. The van der Waals surface area contributed by atoms with Crippen LogP contribution in [-0.4, -0.2) is 61.5 Å². The molecule has 1 aromatic heterocycles. The van der Waals surface area contributed by atoms with Crippen LogP contribution in [0.4, 0.5) is 9.59 Å². The molecule has 0 saturated carbocycles. The van der Waals surface area contributed by atoms with E-state index >= 15 is 0 Å². The van der Waals surface area contributed by atoms with Crippen LogP contribution < -0.4 is 4.74 Å². The minimum absolute atomic E-state index is 0.0454. The molecule has 3 rings (SSSR count). The maximum atomic E-state index is 13.6. The van der Waals surface area contributed by atoms with E-state index in [9.17, 15) is 18.0 Å². The predicted molar refractivity (Wildman–Crippen MR) is 140 cm³/mol. The van der Waals surface area contributed by atoms with Crippen molar-refractivity contribution in [3.05, 3.63) is 54.6 Å². The van der Waals surface area contributed by atoms with E-state index in [-0.39, 0.29) is 23.1 Å². The lowest BCUT2D eigenvalue weighted by Gasteiger charge is -2.24. The van der Waals surface area contributed by atoms with Gasteiger partial charge in [0, 0.05) is 12.4 Å². The number of sulfone groups is 1. The molecule has 0 aliphatic carbocycles. The summed E-state index contributed by atoms with van der Waals surface area (Å²) >= 11 is 0. The standard InChI is InChI=1S/C27H34N2O7S/c1-26(2,3)35-24(30)28(7)16-17-34-22-15-11-14-21-20(22)18-23(29(21)25(31)36-27(4,5)6)37(32,33)19-12-9-8-10-13-19/h8-15,18H,16-17H2,1-7H3. The molecule has 37 heavy (non-hydrogen) atoms. The van der Waals surface area contributed by atoms with E-state index < -0.39 is 33.2 Å². The van der Waals surface area contributed by atoms with Crippen molar-refractivity contribution in [2.45, 2.75) is 62.7 Å². The number of aromatic nitrogens is 1. The molecule has 1 amide bonds. The molecule has 0 atom stereocenters. The number of benzene rings is 2. The van der Waals surface area contributed by atoms with Gasteiger partial charge in [-0.1, -0.05) is 24.3 Å². The molecule has 0 radical (unpaired) electrons. The maximum absolute atomic E-state index is 13.6. The summed E-state index contributed by atoms with van der Waals surface area (Å²) in [6.45, 7) is 10.8. The Hall–Kier alpha value is -3.53. The summed E-state index contributed by atoms with van der Waals surface area (Å²) in [7, 11) is -2.48. The Morgan fingerprint density at radius 3 is 2.11 bits per heavy atom. The van der Waals surface area contributed by atoms with Crippen LogP contribution in [0.2, 0.25) is 0 Å². The molecule has 200 valence electrons. The van der Waals surface area contributed by atoms with Gasteiger partial charge < -0.3 is 19.1 Å². The number of nitrogens with zero attached hydrogens (tertiary/aromatic N) is 2. The van der Waals surface area contributed by atoms with Gasteiger partial charge in [0.25, 0.3) is 0 Å². The summed E-state index contributed by atoms with van der Waals surface area (Å²) in [5.74, 6) is 0.363. The van der Waals surface area contributed by atoms with Crippen LogP contribution >= 0.6 is 0 Å². The van der Waals surface area contributed by atoms with Crippen molar-refractivity contribution in [3.63, 3.8) is 0 Å². The summed E-state index contributed by atoms with van der Waals surface area (Å²) in [5, 5.41) is 0.188. The fraction of sp³-hybridized carbons (Fsp3) is 0.407. The topological polar surface area (TPSA) is 104 Å². The largest absolute Gasteiger partial charge is 0.491 e. The van der Waals surface area contributed by atoms with Crippen molar-refractivity contribution in [1.29, 1.82) is 0 Å². The van der Waals surface area contributed by atoms with Gasteiger partial charge in [-0.05, 0) is 71.9 Å². The van der Waals surface area contributed by atoms with Crippen LogP contribution in [0.5, 0.6) is 5.75 Å². The second-order valence-electron chi connectivity index (χ2n) is 10.6. The SMILES string of the molecule is CN(CCOc1cccc2c1cc(S(=O)(=O)c1ccccc1)n2C(=O)OC(C)(C)C)C(=O)OC(C)(C)C. The van der Waals surface area contributed by atoms with Crippen LogP contribution in [-0.2, 0) is 19.3 Å². The van der Waals surface area contributed by atoms with Crippen LogP contribution in [0.25, 0.3) is 10.9 Å². The molecular formula is C27H34N2O7S. The third-order valence-electron chi connectivity index (χ3n) is 5.07. The molecule has 0 saturated heterocycles. The van der Waals surface area contributed by atoms with Crippen molar-refractivity contribution in [3.8, 4) is 5.75 Å². The van der Waals surface area contributed by atoms with E-state index in [1.807, 2.05) is 0 Å². The number of ether oxygens (including phenoxy) is 3. The Morgan fingerprint density at radius 2 is 1.51 bits per heavy atom. The second kappa shape index (κ2) is 10.5. The number of amides is 1. The van der Waals surface area contributed by atoms with Crippen LogP contribution in [0, 0.1) is 0 Å². The Bertz CT molecular complexity index is 1380. The van der Waals surface area contributed by atoms with Crippen LogP contribution in [0.3, 0.4) is 0 Å². The average molecular weight is 531 g/mol. The van der Waals surface area contributed by atoms with Gasteiger partial charge in [0.2, 0.25) is 9.84 Å². The molecule has 0 fully saturated rings. The lowest BCUT2D eigenvalue weighted by Crippen LogP contribution is -2.36. The molecular weight excluding hydrogens is 496 g/mol. The maximum Gasteiger partial charge on any atom is 0.420 e. The quantitative estimate of drug-likeness (QED) is 0.414. The molecule has 0 aliphatic heterocycles. The van der Waals surface area contributed by atoms with Gasteiger partial charge >= 0.3 is 12.2 Å². The number of rotatable bonds is 6. The fourth-order valence-corrected chi connectivity index (χ4v) is 4.89. The fourth-order valence-electron chi connectivity index (χ4n) is 3.44. The normalized spacial score (nSPS) is 12.3. The molecule has 9 nitrogen and oxygen atoms in total. The van der Waals surface area contributed by atoms with Crippen molar-refractivity contribution in [2.24, 2.45) is 0 Å². The monoisotopic (exact) mass is 530 g/mol. The smallest absolute Gasteiger partial charge is 0.420 e. The summed E-state index contributed by atoms with van der Waals surface area (Å²) in [4.78, 5) is 26.9. The molecule has 0 aliphatic rings. The third kappa shape index (κ3) is 6.82. The molecule has 0 bridgehead atoms. The first-order chi connectivity index (χ1) is 17.1. The van der Waals surface area contributed by atoms with Gasteiger partial charge in [-0.15, -0.1) is 0 Å². The first-order valence-corrected chi connectivity index (χ1v) is 13.3. The number of likely N-dealkylation sites (N-methyl/N-ethyl adjacent to an activating group) is 1. The molecule has 0 unspecified atom stereocenters. The van der Waals surface area contributed by atoms with Gasteiger partial charge in [-0.2, -0.15) is 0 Å². The van der Waals surface area contributed by atoms with Gasteiger partial charge in [0.15, 0.2) is 5.03 Å². The van der Waals surface area contributed by atoms with E-state index in [0.29, 0.717) is 16.7 Å². The van der Waals surface area contributed by atoms with Crippen molar-refractivity contribution >= 4 is 32.9 Å². The summed E-state index contributed by atoms with van der Waals surface area (Å²) < 4.78 is 45.0. The van der Waals surface area contributed by atoms with E-state index in [1.54, 1.807) is 85.0 Å². The number of fused-ring (bicyclic) bond motifs is 1. The van der Waals surface area contributed by atoms with E-state index in [0.717, 1.165) is 4.57 Å². The Balaban J connectivity index is 2.00.